The van der Waals surface area contributed by atoms with Crippen molar-refractivity contribution in [3.8, 4) is 5.75 Å². The Balaban J connectivity index is 1.83. The van der Waals surface area contributed by atoms with Gasteiger partial charge in [0, 0.05) is 23.8 Å². The van der Waals surface area contributed by atoms with Crippen molar-refractivity contribution >= 4 is 5.78 Å². The van der Waals surface area contributed by atoms with Crippen LogP contribution in [0, 0.1) is 11.8 Å². The molecule has 3 aliphatic carbocycles. The second-order valence-electron chi connectivity index (χ2n) is 7.51. The number of hydrogen-bond donors (Lipinski definition) is 1. The Morgan fingerprint density at radius 3 is 3.05 bits per heavy atom. The maximum atomic E-state index is 12.6. The molecule has 3 heteroatoms. The molecule has 1 spiro atoms. The Labute approximate surface area is 125 Å². The normalized spacial score (nSPS) is 40.2. The third-order valence-electron chi connectivity index (χ3n) is 6.96. The van der Waals surface area contributed by atoms with Crippen LogP contribution in [0.5, 0.6) is 5.75 Å². The first-order chi connectivity index (χ1) is 10.1. The highest BCUT2D eigenvalue weighted by molar-refractivity contribution is 5.86. The van der Waals surface area contributed by atoms with E-state index in [1.54, 1.807) is 0 Å². The lowest BCUT2D eigenvalue weighted by atomic mass is 9.50. The number of phenolic OH excluding ortho intramolecular Hbond substituents is 1. The largest absolute Gasteiger partial charge is 0.508 e. The molecule has 4 atom stereocenters. The molecule has 1 unspecified atom stereocenters. The van der Waals surface area contributed by atoms with Gasteiger partial charge in [-0.25, -0.2) is 0 Å². The van der Waals surface area contributed by atoms with E-state index in [2.05, 4.69) is 18.0 Å². The number of nitrogens with zero attached hydrogens (tertiary/aromatic N) is 1. The first-order valence-corrected chi connectivity index (χ1v) is 8.20. The van der Waals surface area contributed by atoms with Crippen LogP contribution < -0.4 is 0 Å². The molecule has 1 aromatic rings. The predicted molar refractivity (Wildman–Crippen MR) is 79.4 cm³/mol. The maximum absolute atomic E-state index is 12.6. The molecule has 0 aromatic heterocycles. The quantitative estimate of drug-likeness (QED) is 0.792. The number of phenols is 1. The highest BCUT2D eigenvalue weighted by Gasteiger charge is 2.63. The molecule has 110 valence electrons. The van der Waals surface area contributed by atoms with Crippen molar-refractivity contribution in [3.05, 3.63) is 28.8 Å². The molecule has 2 bridgehead atoms. The van der Waals surface area contributed by atoms with Gasteiger partial charge in [0.2, 0.25) is 0 Å². The van der Waals surface area contributed by atoms with Gasteiger partial charge in [-0.3, -0.25) is 4.79 Å². The zero-order chi connectivity index (χ0) is 14.4. The summed E-state index contributed by atoms with van der Waals surface area (Å²) in [5.41, 5.74) is 3.93. The Morgan fingerprint density at radius 1 is 1.33 bits per heavy atom. The van der Waals surface area contributed by atoms with Gasteiger partial charge in [0.15, 0.2) is 0 Å². The van der Waals surface area contributed by atoms with Gasteiger partial charge in [-0.1, -0.05) is 6.07 Å². The topological polar surface area (TPSA) is 40.5 Å². The SMILES string of the molecule is CN1CC[C@]23c4c5ccc(O)c4C[C@H]2C(=O)CCC3[C@H]1C5. The summed E-state index contributed by atoms with van der Waals surface area (Å²) < 4.78 is 0. The number of piperidine rings is 1. The van der Waals surface area contributed by atoms with Crippen LogP contribution in [0.4, 0.5) is 0 Å². The minimum absolute atomic E-state index is 0.0498. The van der Waals surface area contributed by atoms with Crippen molar-refractivity contribution in [1.29, 1.82) is 0 Å². The van der Waals surface area contributed by atoms with Crippen LogP contribution in [0.25, 0.3) is 0 Å². The van der Waals surface area contributed by atoms with Crippen LogP contribution in [0.3, 0.4) is 0 Å². The van der Waals surface area contributed by atoms with E-state index in [9.17, 15) is 9.90 Å². The Kier molecular flexibility index (Phi) is 2.15. The standard InChI is InChI=1S/C18H21NO2/c1-19-7-6-18-12-3-5-16(21)13(18)9-11-15(20)4-2-10(17(11)18)8-14(12)19/h2,4,12-14,20H,3,5-9H2,1H3/t12?,13-,14+,18+/m0/s1. The number of likely N-dealkylation sites (N-methyl/N-ethyl adjacent to an activating group) is 1. The van der Waals surface area contributed by atoms with E-state index in [-0.39, 0.29) is 11.3 Å². The number of rotatable bonds is 0. The van der Waals surface area contributed by atoms with E-state index in [4.69, 9.17) is 0 Å². The van der Waals surface area contributed by atoms with Gasteiger partial charge >= 0.3 is 0 Å². The number of likely N-dealkylation sites (tertiary alicyclic amines) is 1. The van der Waals surface area contributed by atoms with Crippen molar-refractivity contribution in [2.45, 2.75) is 43.6 Å². The van der Waals surface area contributed by atoms with Crippen LogP contribution in [-0.4, -0.2) is 35.4 Å². The fraction of sp³-hybridized carbons (Fsp3) is 0.611. The van der Waals surface area contributed by atoms with Crippen LogP contribution in [0.15, 0.2) is 12.1 Å². The van der Waals surface area contributed by atoms with Gasteiger partial charge in [-0.2, -0.15) is 0 Å². The van der Waals surface area contributed by atoms with Crippen LogP contribution in [-0.2, 0) is 23.1 Å². The van der Waals surface area contributed by atoms with Crippen LogP contribution >= 0.6 is 0 Å². The fourth-order valence-corrected chi connectivity index (χ4v) is 6.15. The summed E-state index contributed by atoms with van der Waals surface area (Å²) in [6.07, 6.45) is 4.74. The van der Waals surface area contributed by atoms with Crippen molar-refractivity contribution in [1.82, 2.24) is 4.90 Å². The second kappa shape index (κ2) is 3.70. The summed E-state index contributed by atoms with van der Waals surface area (Å²) in [5, 5.41) is 10.3. The summed E-state index contributed by atoms with van der Waals surface area (Å²) in [7, 11) is 2.24. The molecule has 2 fully saturated rings. The van der Waals surface area contributed by atoms with Gasteiger partial charge in [-0.15, -0.1) is 0 Å². The first kappa shape index (κ1) is 12.2. The van der Waals surface area contributed by atoms with Gasteiger partial charge in [0.05, 0.1) is 0 Å². The number of carbonyl (C=O) groups excluding carboxylic acids is 1. The lowest BCUT2D eigenvalue weighted by Gasteiger charge is -2.58. The molecule has 1 saturated carbocycles. The second-order valence-corrected chi connectivity index (χ2v) is 7.51. The zero-order valence-corrected chi connectivity index (χ0v) is 12.4. The summed E-state index contributed by atoms with van der Waals surface area (Å²) >= 11 is 0. The summed E-state index contributed by atoms with van der Waals surface area (Å²) in [5.74, 6) is 1.60. The van der Waals surface area contributed by atoms with Crippen molar-refractivity contribution in [3.63, 3.8) is 0 Å². The number of hydrogen-bond acceptors (Lipinski definition) is 3. The van der Waals surface area contributed by atoms with Gasteiger partial charge in [-0.05, 0) is 68.0 Å². The van der Waals surface area contributed by atoms with Crippen LogP contribution in [0.1, 0.15) is 36.0 Å². The van der Waals surface area contributed by atoms with E-state index in [1.165, 1.54) is 11.1 Å². The van der Waals surface area contributed by atoms with Crippen molar-refractivity contribution in [2.75, 3.05) is 13.6 Å². The fourth-order valence-electron chi connectivity index (χ4n) is 6.15. The number of aromatic hydroxyl groups is 1. The van der Waals surface area contributed by atoms with Crippen molar-refractivity contribution < 1.29 is 9.90 Å². The Hall–Kier alpha value is -1.35. The highest BCUT2D eigenvalue weighted by Crippen LogP contribution is 2.63. The lowest BCUT2D eigenvalue weighted by molar-refractivity contribution is -0.133. The number of carbonyl (C=O) groups is 1. The molecule has 4 aliphatic rings. The van der Waals surface area contributed by atoms with Crippen molar-refractivity contribution in [2.24, 2.45) is 11.8 Å². The molecule has 1 N–H and O–H groups in total. The van der Waals surface area contributed by atoms with Crippen LogP contribution in [0.2, 0.25) is 0 Å². The summed E-state index contributed by atoms with van der Waals surface area (Å²) in [4.78, 5) is 15.1. The van der Waals surface area contributed by atoms with Gasteiger partial charge in [0.1, 0.15) is 11.5 Å². The number of Topliss-reactive ketones (excluding diaryl/α,β-unsaturated/α-hetero) is 1. The maximum Gasteiger partial charge on any atom is 0.137 e. The monoisotopic (exact) mass is 283 g/mol. The Morgan fingerprint density at radius 2 is 2.19 bits per heavy atom. The average molecular weight is 283 g/mol. The average Bonchev–Trinajstić information content (AvgIpc) is 2.83. The molecule has 1 aliphatic heterocycles. The molecule has 1 heterocycles. The smallest absolute Gasteiger partial charge is 0.137 e. The van der Waals surface area contributed by atoms with Gasteiger partial charge in [0.25, 0.3) is 0 Å². The molecule has 21 heavy (non-hydrogen) atoms. The predicted octanol–water partition coefficient (Wildman–Crippen LogP) is 2.04. The van der Waals surface area contributed by atoms with E-state index < -0.39 is 0 Å². The molecule has 3 nitrogen and oxygen atoms in total. The zero-order valence-electron chi connectivity index (χ0n) is 12.4. The van der Waals surface area contributed by atoms with Gasteiger partial charge < -0.3 is 10.0 Å². The summed E-state index contributed by atoms with van der Waals surface area (Å²) in [6, 6.07) is 4.54. The third-order valence-corrected chi connectivity index (χ3v) is 6.96. The van der Waals surface area contributed by atoms with E-state index in [1.807, 2.05) is 6.07 Å². The third kappa shape index (κ3) is 1.24. The molecular formula is C18H21NO2. The highest BCUT2D eigenvalue weighted by atomic mass is 16.3. The summed E-state index contributed by atoms with van der Waals surface area (Å²) in [6.45, 7) is 1.08. The Bertz CT molecular complexity index is 667. The lowest BCUT2D eigenvalue weighted by Crippen LogP contribution is -2.63. The minimum atomic E-state index is 0.0498. The molecule has 1 saturated heterocycles. The molecule has 0 radical (unpaired) electrons. The van der Waals surface area contributed by atoms with E-state index >= 15 is 0 Å². The molecule has 1 aromatic carbocycles. The molecule has 0 amide bonds. The van der Waals surface area contributed by atoms with E-state index in [0.717, 1.165) is 44.2 Å². The molecular weight excluding hydrogens is 262 g/mol. The number of ketones is 1. The number of benzene rings is 1. The first-order valence-electron chi connectivity index (χ1n) is 8.20. The molecule has 5 rings (SSSR count). The minimum Gasteiger partial charge on any atom is -0.508 e. The van der Waals surface area contributed by atoms with E-state index in [0.29, 0.717) is 23.5 Å².